The Morgan fingerprint density at radius 1 is 1.12 bits per heavy atom. The van der Waals surface area contributed by atoms with Crippen LogP contribution in [0.4, 0.5) is 5.69 Å². The molecule has 3 aromatic rings. The van der Waals surface area contributed by atoms with Gasteiger partial charge < -0.3 is 8.83 Å². The SMILES string of the molecule is O=S(=O)(Nc1cccc(Cl)c1)c1ccc(-c2nnc(C3CCC3)o2)o1. The molecule has 0 bridgehead atoms. The molecular weight excluding hydrogens is 366 g/mol. The molecule has 4 rings (SSSR count). The fourth-order valence-corrected chi connectivity index (χ4v) is 3.67. The van der Waals surface area contributed by atoms with Crippen molar-refractivity contribution >= 4 is 27.3 Å². The van der Waals surface area contributed by atoms with E-state index in [9.17, 15) is 8.42 Å². The average molecular weight is 380 g/mol. The van der Waals surface area contributed by atoms with Gasteiger partial charge in [0, 0.05) is 10.9 Å². The van der Waals surface area contributed by atoms with Gasteiger partial charge in [-0.3, -0.25) is 4.72 Å². The Balaban J connectivity index is 1.56. The van der Waals surface area contributed by atoms with Crippen molar-refractivity contribution in [2.24, 2.45) is 0 Å². The minimum Gasteiger partial charge on any atom is -0.438 e. The molecule has 0 radical (unpaired) electrons. The quantitative estimate of drug-likeness (QED) is 0.718. The van der Waals surface area contributed by atoms with Gasteiger partial charge in [-0.05, 0) is 43.2 Å². The molecule has 1 fully saturated rings. The minimum absolute atomic E-state index is 0.172. The maximum Gasteiger partial charge on any atom is 0.295 e. The van der Waals surface area contributed by atoms with E-state index in [0.29, 0.717) is 22.5 Å². The fourth-order valence-electron chi connectivity index (χ4n) is 2.49. The molecular formula is C16H14ClN3O4S. The summed E-state index contributed by atoms with van der Waals surface area (Å²) in [6.45, 7) is 0. The van der Waals surface area contributed by atoms with Gasteiger partial charge in [0.25, 0.3) is 15.9 Å². The molecule has 9 heteroatoms. The zero-order valence-corrected chi connectivity index (χ0v) is 14.5. The number of sulfonamides is 1. The minimum atomic E-state index is -3.89. The second-order valence-electron chi connectivity index (χ2n) is 5.81. The van der Waals surface area contributed by atoms with Gasteiger partial charge >= 0.3 is 0 Å². The monoisotopic (exact) mass is 379 g/mol. The van der Waals surface area contributed by atoms with E-state index >= 15 is 0 Å². The predicted molar refractivity (Wildman–Crippen MR) is 90.9 cm³/mol. The van der Waals surface area contributed by atoms with Crippen LogP contribution in [0, 0.1) is 0 Å². The van der Waals surface area contributed by atoms with Crippen LogP contribution in [0.1, 0.15) is 31.1 Å². The standard InChI is InChI=1S/C16H14ClN3O4S/c17-11-5-2-6-12(9-11)20-25(21,22)14-8-7-13(23-14)16-19-18-15(24-16)10-3-1-4-10/h2,5-10,20H,1,3-4H2. The van der Waals surface area contributed by atoms with Crippen LogP contribution in [0.3, 0.4) is 0 Å². The first kappa shape index (κ1) is 16.2. The first-order valence-electron chi connectivity index (χ1n) is 7.73. The summed E-state index contributed by atoms with van der Waals surface area (Å²) in [5, 5.41) is 8.13. The van der Waals surface area contributed by atoms with Crippen molar-refractivity contribution in [3.05, 3.63) is 47.3 Å². The van der Waals surface area contributed by atoms with Crippen LogP contribution in [0.2, 0.25) is 5.02 Å². The number of halogens is 1. The highest BCUT2D eigenvalue weighted by Crippen LogP contribution is 2.36. The number of rotatable bonds is 5. The summed E-state index contributed by atoms with van der Waals surface area (Å²) in [5.74, 6) is 1.25. The van der Waals surface area contributed by atoms with Crippen molar-refractivity contribution in [2.75, 3.05) is 4.72 Å². The van der Waals surface area contributed by atoms with Crippen LogP contribution in [0.5, 0.6) is 0 Å². The van der Waals surface area contributed by atoms with E-state index in [1.165, 1.54) is 18.2 Å². The van der Waals surface area contributed by atoms with Gasteiger partial charge in [-0.15, -0.1) is 10.2 Å². The van der Waals surface area contributed by atoms with E-state index < -0.39 is 10.0 Å². The molecule has 1 aromatic carbocycles. The Kier molecular flexibility index (Phi) is 4.01. The van der Waals surface area contributed by atoms with Crippen LogP contribution >= 0.6 is 11.6 Å². The largest absolute Gasteiger partial charge is 0.438 e. The molecule has 1 aliphatic rings. The van der Waals surface area contributed by atoms with E-state index in [1.54, 1.807) is 18.2 Å². The predicted octanol–water partition coefficient (Wildman–Crippen LogP) is 4.05. The molecule has 1 N–H and O–H groups in total. The van der Waals surface area contributed by atoms with Crippen molar-refractivity contribution in [3.63, 3.8) is 0 Å². The summed E-state index contributed by atoms with van der Waals surface area (Å²) in [6, 6.07) is 9.23. The second kappa shape index (κ2) is 6.20. The summed E-state index contributed by atoms with van der Waals surface area (Å²) in [6.07, 6.45) is 3.21. The topological polar surface area (TPSA) is 98.2 Å². The third-order valence-electron chi connectivity index (χ3n) is 4.03. The zero-order valence-electron chi connectivity index (χ0n) is 13.0. The number of nitrogens with one attached hydrogen (secondary N) is 1. The Labute approximate surface area is 149 Å². The van der Waals surface area contributed by atoms with Gasteiger partial charge in [0.05, 0.1) is 5.69 Å². The number of furan rings is 1. The third kappa shape index (κ3) is 3.27. The Morgan fingerprint density at radius 2 is 1.96 bits per heavy atom. The van der Waals surface area contributed by atoms with Crippen LogP contribution in [0.25, 0.3) is 11.7 Å². The summed E-state index contributed by atoms with van der Waals surface area (Å²) in [4.78, 5) is 0. The van der Waals surface area contributed by atoms with E-state index in [2.05, 4.69) is 14.9 Å². The normalized spacial score (nSPS) is 15.1. The first-order valence-corrected chi connectivity index (χ1v) is 9.59. The van der Waals surface area contributed by atoms with E-state index in [4.69, 9.17) is 20.4 Å². The molecule has 0 aliphatic heterocycles. The number of aromatic nitrogens is 2. The molecule has 1 saturated carbocycles. The molecule has 0 atom stereocenters. The molecule has 130 valence electrons. The Bertz CT molecular complexity index is 1010. The lowest BCUT2D eigenvalue weighted by Gasteiger charge is -2.20. The summed E-state index contributed by atoms with van der Waals surface area (Å²) in [7, 11) is -3.89. The van der Waals surface area contributed by atoms with Gasteiger partial charge in [-0.2, -0.15) is 8.42 Å². The number of anilines is 1. The zero-order chi connectivity index (χ0) is 17.4. The molecule has 0 amide bonds. The Hall–Kier alpha value is -2.32. The van der Waals surface area contributed by atoms with Gasteiger partial charge in [-0.1, -0.05) is 24.1 Å². The number of hydrogen-bond acceptors (Lipinski definition) is 6. The number of hydrogen-bond donors (Lipinski definition) is 1. The maximum atomic E-state index is 12.4. The van der Waals surface area contributed by atoms with E-state index in [0.717, 1.165) is 19.3 Å². The highest BCUT2D eigenvalue weighted by atomic mass is 35.5. The van der Waals surface area contributed by atoms with Gasteiger partial charge in [-0.25, -0.2) is 0 Å². The summed E-state index contributed by atoms with van der Waals surface area (Å²) < 4.78 is 38.2. The summed E-state index contributed by atoms with van der Waals surface area (Å²) in [5.41, 5.74) is 0.343. The second-order valence-corrected chi connectivity index (χ2v) is 7.86. The molecule has 25 heavy (non-hydrogen) atoms. The van der Waals surface area contributed by atoms with Gasteiger partial charge in [0.1, 0.15) is 0 Å². The van der Waals surface area contributed by atoms with Crippen LogP contribution in [0.15, 0.2) is 50.3 Å². The number of benzene rings is 1. The lowest BCUT2D eigenvalue weighted by molar-refractivity contribution is 0.334. The summed E-state index contributed by atoms with van der Waals surface area (Å²) >= 11 is 5.86. The molecule has 0 unspecified atom stereocenters. The Morgan fingerprint density at radius 3 is 2.68 bits per heavy atom. The smallest absolute Gasteiger partial charge is 0.295 e. The fraction of sp³-hybridized carbons (Fsp3) is 0.250. The van der Waals surface area contributed by atoms with Crippen molar-refractivity contribution in [2.45, 2.75) is 30.3 Å². The molecule has 1 aliphatic carbocycles. The van der Waals surface area contributed by atoms with Gasteiger partial charge in [0.2, 0.25) is 11.0 Å². The lowest BCUT2D eigenvalue weighted by Crippen LogP contribution is -2.11. The molecule has 7 nitrogen and oxygen atoms in total. The molecule has 0 spiro atoms. The van der Waals surface area contributed by atoms with Crippen molar-refractivity contribution < 1.29 is 17.3 Å². The average Bonchev–Trinajstić information content (AvgIpc) is 3.13. The lowest BCUT2D eigenvalue weighted by atomic mass is 9.85. The van der Waals surface area contributed by atoms with Crippen molar-refractivity contribution in [1.82, 2.24) is 10.2 Å². The molecule has 2 heterocycles. The first-order chi connectivity index (χ1) is 12.0. The highest BCUT2D eigenvalue weighted by molar-refractivity contribution is 7.92. The maximum absolute atomic E-state index is 12.4. The highest BCUT2D eigenvalue weighted by Gasteiger charge is 2.27. The third-order valence-corrected chi connectivity index (χ3v) is 5.52. The van der Waals surface area contributed by atoms with Gasteiger partial charge in [0.15, 0.2) is 5.76 Å². The number of nitrogens with zero attached hydrogens (tertiary/aromatic N) is 2. The molecule has 2 aromatic heterocycles. The van der Waals surface area contributed by atoms with Crippen molar-refractivity contribution in [3.8, 4) is 11.7 Å². The van der Waals surface area contributed by atoms with Crippen LogP contribution in [-0.4, -0.2) is 18.6 Å². The van der Waals surface area contributed by atoms with E-state index in [-0.39, 0.29) is 16.7 Å². The van der Waals surface area contributed by atoms with Crippen LogP contribution < -0.4 is 4.72 Å². The molecule has 0 saturated heterocycles. The van der Waals surface area contributed by atoms with Crippen molar-refractivity contribution in [1.29, 1.82) is 0 Å². The van der Waals surface area contributed by atoms with E-state index in [1.807, 2.05) is 0 Å². The van der Waals surface area contributed by atoms with Crippen LogP contribution in [-0.2, 0) is 10.0 Å².